The Kier molecular flexibility index (Phi) is 6.41. The zero-order chi connectivity index (χ0) is 24.5. The molecular weight excluding hydrogens is 451 g/mol. The fourth-order valence-corrected chi connectivity index (χ4v) is 4.35. The number of imide groups is 1. The minimum Gasteiger partial charge on any atom is -0.339 e. The molecule has 0 bridgehead atoms. The Balaban J connectivity index is 1.60. The van der Waals surface area contributed by atoms with E-state index in [0.717, 1.165) is 10.5 Å². The highest BCUT2D eigenvalue weighted by atomic mass is 19.4. The van der Waals surface area contributed by atoms with E-state index < -0.39 is 35.8 Å². The van der Waals surface area contributed by atoms with Gasteiger partial charge in [-0.25, -0.2) is 0 Å². The molecule has 0 spiro atoms. The standard InChI is InChI=1S/C24H22F3N3O4/c25-24(26,27)23(34)29-12-6-11-28(13-14-29)22(33)19(15-16-7-2-1-3-8-16)30-20(31)17-9-4-5-10-18(17)21(30)32/h1-5,7-10,19H,6,11-15H2. The van der Waals surface area contributed by atoms with Gasteiger partial charge in [-0.05, 0) is 24.1 Å². The number of hydrogen-bond donors (Lipinski definition) is 0. The molecule has 2 aromatic carbocycles. The zero-order valence-corrected chi connectivity index (χ0v) is 18.1. The fraction of sp³-hybridized carbons (Fsp3) is 0.333. The molecule has 4 amide bonds. The third-order valence-corrected chi connectivity index (χ3v) is 6.03. The van der Waals surface area contributed by atoms with Gasteiger partial charge in [0.25, 0.3) is 11.8 Å². The normalized spacial score (nSPS) is 17.4. The van der Waals surface area contributed by atoms with Crippen LogP contribution in [0.25, 0.3) is 0 Å². The molecule has 1 unspecified atom stereocenters. The number of alkyl halides is 3. The van der Waals surface area contributed by atoms with Crippen LogP contribution in [0.5, 0.6) is 0 Å². The van der Waals surface area contributed by atoms with Gasteiger partial charge in [-0.15, -0.1) is 0 Å². The van der Waals surface area contributed by atoms with E-state index in [4.69, 9.17) is 0 Å². The monoisotopic (exact) mass is 473 g/mol. The maximum Gasteiger partial charge on any atom is 0.471 e. The Morgan fingerprint density at radius 1 is 0.794 bits per heavy atom. The van der Waals surface area contributed by atoms with Crippen molar-refractivity contribution < 1.29 is 32.3 Å². The quantitative estimate of drug-likeness (QED) is 0.640. The summed E-state index contributed by atoms with van der Waals surface area (Å²) >= 11 is 0. The van der Waals surface area contributed by atoms with Gasteiger partial charge in [0.05, 0.1) is 11.1 Å². The molecule has 1 fully saturated rings. The third kappa shape index (κ3) is 4.52. The highest BCUT2D eigenvalue weighted by molar-refractivity contribution is 6.22. The van der Waals surface area contributed by atoms with Crippen LogP contribution in [0.3, 0.4) is 0 Å². The molecule has 2 heterocycles. The summed E-state index contributed by atoms with van der Waals surface area (Å²) in [6.45, 7) is -0.452. The first kappa shape index (κ1) is 23.5. The summed E-state index contributed by atoms with van der Waals surface area (Å²) in [5.74, 6) is -3.65. The topological polar surface area (TPSA) is 78.0 Å². The van der Waals surface area contributed by atoms with Crippen molar-refractivity contribution in [3.63, 3.8) is 0 Å². The Hall–Kier alpha value is -3.69. The summed E-state index contributed by atoms with van der Waals surface area (Å²) < 4.78 is 38.6. The van der Waals surface area contributed by atoms with E-state index in [1.807, 2.05) is 0 Å². The predicted octanol–water partition coefficient (Wildman–Crippen LogP) is 2.52. The lowest BCUT2D eigenvalue weighted by atomic mass is 10.0. The number of carbonyl (C=O) groups excluding carboxylic acids is 4. The van der Waals surface area contributed by atoms with Gasteiger partial charge in [-0.3, -0.25) is 24.1 Å². The van der Waals surface area contributed by atoms with Crippen molar-refractivity contribution in [2.75, 3.05) is 26.2 Å². The Morgan fingerprint density at radius 2 is 1.32 bits per heavy atom. The molecule has 2 aliphatic heterocycles. The second kappa shape index (κ2) is 9.28. The van der Waals surface area contributed by atoms with Crippen molar-refractivity contribution >= 4 is 23.6 Å². The average molecular weight is 473 g/mol. The number of fused-ring (bicyclic) bond motifs is 1. The van der Waals surface area contributed by atoms with E-state index in [0.29, 0.717) is 4.90 Å². The number of hydrogen-bond acceptors (Lipinski definition) is 4. The highest BCUT2D eigenvalue weighted by Gasteiger charge is 2.45. The molecule has 2 aromatic rings. The Morgan fingerprint density at radius 3 is 1.91 bits per heavy atom. The summed E-state index contributed by atoms with van der Waals surface area (Å²) in [7, 11) is 0. The van der Waals surface area contributed by atoms with Crippen molar-refractivity contribution in [2.24, 2.45) is 0 Å². The van der Waals surface area contributed by atoms with E-state index in [-0.39, 0.29) is 50.1 Å². The van der Waals surface area contributed by atoms with Gasteiger partial charge in [-0.1, -0.05) is 42.5 Å². The van der Waals surface area contributed by atoms with Crippen molar-refractivity contribution in [1.29, 1.82) is 0 Å². The third-order valence-electron chi connectivity index (χ3n) is 6.03. The SMILES string of the molecule is O=C(C(Cc1ccccc1)N1C(=O)c2ccccc2C1=O)N1CCCN(C(=O)C(F)(F)F)CC1. The number of amides is 4. The van der Waals surface area contributed by atoms with Crippen LogP contribution in [0.1, 0.15) is 32.7 Å². The molecule has 1 atom stereocenters. The van der Waals surface area contributed by atoms with Crippen LogP contribution in [0.15, 0.2) is 54.6 Å². The fourth-order valence-electron chi connectivity index (χ4n) is 4.35. The zero-order valence-electron chi connectivity index (χ0n) is 18.1. The molecule has 0 aliphatic carbocycles. The van der Waals surface area contributed by atoms with Gasteiger partial charge < -0.3 is 9.80 Å². The lowest BCUT2D eigenvalue weighted by molar-refractivity contribution is -0.185. The van der Waals surface area contributed by atoms with E-state index in [2.05, 4.69) is 0 Å². The Labute approximate surface area is 193 Å². The molecule has 1 saturated heterocycles. The molecule has 178 valence electrons. The van der Waals surface area contributed by atoms with Crippen molar-refractivity contribution in [3.8, 4) is 0 Å². The van der Waals surface area contributed by atoms with Gasteiger partial charge in [0.1, 0.15) is 6.04 Å². The molecule has 2 aliphatic rings. The van der Waals surface area contributed by atoms with Gasteiger partial charge in [0.2, 0.25) is 5.91 Å². The summed E-state index contributed by atoms with van der Waals surface area (Å²) in [6, 6.07) is 14.0. The molecule has 0 radical (unpaired) electrons. The maximum atomic E-state index is 13.6. The molecule has 34 heavy (non-hydrogen) atoms. The first-order valence-corrected chi connectivity index (χ1v) is 10.8. The van der Waals surface area contributed by atoms with E-state index in [1.54, 1.807) is 42.5 Å². The largest absolute Gasteiger partial charge is 0.471 e. The lowest BCUT2D eigenvalue weighted by Gasteiger charge is -2.31. The molecule has 7 nitrogen and oxygen atoms in total. The number of rotatable bonds is 4. The van der Waals surface area contributed by atoms with Gasteiger partial charge >= 0.3 is 12.1 Å². The minimum absolute atomic E-state index is 0.0623. The maximum absolute atomic E-state index is 13.6. The van der Waals surface area contributed by atoms with Crippen LogP contribution >= 0.6 is 0 Å². The van der Waals surface area contributed by atoms with E-state index >= 15 is 0 Å². The summed E-state index contributed by atoms with van der Waals surface area (Å²) in [5.41, 5.74) is 1.13. The minimum atomic E-state index is -4.99. The Bertz CT molecular complexity index is 1080. The van der Waals surface area contributed by atoms with Crippen LogP contribution in [-0.4, -0.2) is 76.7 Å². The van der Waals surface area contributed by atoms with Crippen LogP contribution in [0, 0.1) is 0 Å². The van der Waals surface area contributed by atoms with Crippen LogP contribution in [0.4, 0.5) is 13.2 Å². The molecule has 0 N–H and O–H groups in total. The number of halogens is 3. The molecule has 4 rings (SSSR count). The number of benzene rings is 2. The lowest BCUT2D eigenvalue weighted by Crippen LogP contribution is -2.53. The van der Waals surface area contributed by atoms with Gasteiger partial charge in [0.15, 0.2) is 0 Å². The summed E-state index contributed by atoms with van der Waals surface area (Å²) in [6.07, 6.45) is -4.78. The second-order valence-corrected chi connectivity index (χ2v) is 8.20. The van der Waals surface area contributed by atoms with Gasteiger partial charge in [0, 0.05) is 32.6 Å². The van der Waals surface area contributed by atoms with E-state index in [9.17, 15) is 32.3 Å². The molecule has 10 heteroatoms. The second-order valence-electron chi connectivity index (χ2n) is 8.20. The molecule has 0 saturated carbocycles. The van der Waals surface area contributed by atoms with Crippen LogP contribution < -0.4 is 0 Å². The van der Waals surface area contributed by atoms with Crippen molar-refractivity contribution in [2.45, 2.75) is 25.1 Å². The van der Waals surface area contributed by atoms with Crippen molar-refractivity contribution in [1.82, 2.24) is 14.7 Å². The van der Waals surface area contributed by atoms with Crippen LogP contribution in [-0.2, 0) is 16.0 Å². The predicted molar refractivity (Wildman–Crippen MR) is 115 cm³/mol. The summed E-state index contributed by atoms with van der Waals surface area (Å²) in [4.78, 5) is 54.4. The van der Waals surface area contributed by atoms with E-state index in [1.165, 1.54) is 17.0 Å². The first-order chi connectivity index (χ1) is 16.2. The highest BCUT2D eigenvalue weighted by Crippen LogP contribution is 2.27. The average Bonchev–Trinajstić information content (AvgIpc) is 2.98. The molecular formula is C24H22F3N3O4. The van der Waals surface area contributed by atoms with Crippen LogP contribution in [0.2, 0.25) is 0 Å². The van der Waals surface area contributed by atoms with Gasteiger partial charge in [-0.2, -0.15) is 13.2 Å². The number of carbonyl (C=O) groups is 4. The summed E-state index contributed by atoms with van der Waals surface area (Å²) in [5, 5.41) is 0. The number of nitrogens with zero attached hydrogens (tertiary/aromatic N) is 3. The first-order valence-electron chi connectivity index (χ1n) is 10.8. The smallest absolute Gasteiger partial charge is 0.339 e. The molecule has 0 aromatic heterocycles. The van der Waals surface area contributed by atoms with Crippen molar-refractivity contribution in [3.05, 3.63) is 71.3 Å².